The van der Waals surface area contributed by atoms with Crippen LogP contribution in [0.4, 0.5) is 0 Å². The van der Waals surface area contributed by atoms with Crippen molar-refractivity contribution < 1.29 is 4.79 Å². The largest absolute Gasteiger partial charge is 0.356 e. The number of benzene rings is 2. The molecule has 1 N–H and O–H groups in total. The summed E-state index contributed by atoms with van der Waals surface area (Å²) in [5, 5.41) is 7.64. The second-order valence-electron chi connectivity index (χ2n) is 6.99. The van der Waals surface area contributed by atoms with E-state index in [-0.39, 0.29) is 11.8 Å². The molecule has 0 bridgehead atoms. The summed E-state index contributed by atoms with van der Waals surface area (Å²) in [6.07, 6.45) is 4.43. The van der Waals surface area contributed by atoms with E-state index in [1.165, 1.54) is 11.1 Å². The van der Waals surface area contributed by atoms with Crippen molar-refractivity contribution in [1.29, 1.82) is 0 Å². The van der Waals surface area contributed by atoms with Gasteiger partial charge in [-0.05, 0) is 48.9 Å². The van der Waals surface area contributed by atoms with Gasteiger partial charge in [-0.15, -0.1) is 0 Å². The average Bonchev–Trinajstić information content (AvgIpc) is 3.07. The van der Waals surface area contributed by atoms with Crippen LogP contribution >= 0.6 is 0 Å². The van der Waals surface area contributed by atoms with Crippen molar-refractivity contribution in [2.45, 2.75) is 39.0 Å². The van der Waals surface area contributed by atoms with Crippen molar-refractivity contribution in [3.05, 3.63) is 83.7 Å². The van der Waals surface area contributed by atoms with Gasteiger partial charge in [0.15, 0.2) is 0 Å². The Morgan fingerprint density at radius 1 is 1.07 bits per heavy atom. The molecule has 1 amide bonds. The number of amides is 1. The summed E-state index contributed by atoms with van der Waals surface area (Å²) in [5.74, 6) is 0.348. The molecule has 4 heteroatoms. The molecule has 0 spiro atoms. The first-order valence-electron chi connectivity index (χ1n) is 9.55. The highest BCUT2D eigenvalue weighted by atomic mass is 16.1. The van der Waals surface area contributed by atoms with Gasteiger partial charge in [0.2, 0.25) is 5.91 Å². The molecule has 1 aromatic heterocycles. The fraction of sp³-hybridized carbons (Fsp3) is 0.304. The molecule has 0 fully saturated rings. The summed E-state index contributed by atoms with van der Waals surface area (Å²) in [6, 6.07) is 20.3. The first kappa shape index (κ1) is 18.9. The van der Waals surface area contributed by atoms with E-state index in [4.69, 9.17) is 0 Å². The Morgan fingerprint density at radius 3 is 2.44 bits per heavy atom. The number of aryl methyl sites for hydroxylation is 2. The van der Waals surface area contributed by atoms with E-state index in [0.29, 0.717) is 13.0 Å². The van der Waals surface area contributed by atoms with Crippen LogP contribution in [0, 0.1) is 6.92 Å². The monoisotopic (exact) mass is 361 g/mol. The maximum absolute atomic E-state index is 12.2. The highest BCUT2D eigenvalue weighted by Crippen LogP contribution is 2.18. The molecule has 3 rings (SSSR count). The fourth-order valence-electron chi connectivity index (χ4n) is 3.21. The second kappa shape index (κ2) is 9.17. The van der Waals surface area contributed by atoms with E-state index in [9.17, 15) is 4.79 Å². The Bertz CT molecular complexity index is 856. The molecule has 0 radical (unpaired) electrons. The van der Waals surface area contributed by atoms with E-state index in [0.717, 1.165) is 24.2 Å². The van der Waals surface area contributed by atoms with Gasteiger partial charge in [0, 0.05) is 19.2 Å². The Morgan fingerprint density at radius 2 is 1.74 bits per heavy atom. The SMILES string of the molecule is Cc1nn(-c2ccccc2)cc1CCCNC(=O)CC(C)c1ccccc1. The number of hydrogen-bond donors (Lipinski definition) is 1. The normalized spacial score (nSPS) is 11.9. The van der Waals surface area contributed by atoms with E-state index < -0.39 is 0 Å². The highest BCUT2D eigenvalue weighted by molar-refractivity contribution is 5.76. The molecular formula is C23H27N3O. The van der Waals surface area contributed by atoms with Gasteiger partial charge >= 0.3 is 0 Å². The van der Waals surface area contributed by atoms with E-state index in [1.54, 1.807) is 0 Å². The van der Waals surface area contributed by atoms with Crippen LogP contribution in [-0.2, 0) is 11.2 Å². The van der Waals surface area contributed by atoms with Gasteiger partial charge in [0.25, 0.3) is 0 Å². The van der Waals surface area contributed by atoms with Crippen molar-refractivity contribution in [3.63, 3.8) is 0 Å². The van der Waals surface area contributed by atoms with E-state index in [1.807, 2.05) is 60.1 Å². The number of aromatic nitrogens is 2. The number of rotatable bonds is 8. The number of nitrogens with one attached hydrogen (secondary N) is 1. The van der Waals surface area contributed by atoms with Crippen molar-refractivity contribution in [2.24, 2.45) is 0 Å². The minimum atomic E-state index is 0.114. The minimum Gasteiger partial charge on any atom is -0.356 e. The van der Waals surface area contributed by atoms with Crippen molar-refractivity contribution >= 4 is 5.91 Å². The number of carbonyl (C=O) groups excluding carboxylic acids is 1. The number of para-hydroxylation sites is 1. The molecule has 4 nitrogen and oxygen atoms in total. The molecule has 0 aliphatic rings. The molecule has 0 saturated carbocycles. The van der Waals surface area contributed by atoms with Crippen molar-refractivity contribution in [3.8, 4) is 5.69 Å². The smallest absolute Gasteiger partial charge is 0.220 e. The van der Waals surface area contributed by atoms with Crippen LogP contribution in [0.25, 0.3) is 5.69 Å². The Kier molecular flexibility index (Phi) is 6.42. The van der Waals surface area contributed by atoms with Crippen LogP contribution in [0.2, 0.25) is 0 Å². The summed E-state index contributed by atoms with van der Waals surface area (Å²) in [4.78, 5) is 12.2. The Balaban J connectivity index is 1.44. The van der Waals surface area contributed by atoms with Gasteiger partial charge in [-0.1, -0.05) is 55.5 Å². The van der Waals surface area contributed by atoms with Gasteiger partial charge in [0.05, 0.1) is 11.4 Å². The Labute approximate surface area is 161 Å². The van der Waals surface area contributed by atoms with Gasteiger partial charge in [-0.25, -0.2) is 4.68 Å². The van der Waals surface area contributed by atoms with Gasteiger partial charge in [0.1, 0.15) is 0 Å². The fourth-order valence-corrected chi connectivity index (χ4v) is 3.21. The summed E-state index contributed by atoms with van der Waals surface area (Å²) in [7, 11) is 0. The predicted molar refractivity (Wildman–Crippen MR) is 109 cm³/mol. The topological polar surface area (TPSA) is 46.9 Å². The summed E-state index contributed by atoms with van der Waals surface area (Å²) in [5.41, 5.74) is 4.54. The molecule has 1 heterocycles. The molecule has 27 heavy (non-hydrogen) atoms. The van der Waals surface area contributed by atoms with Crippen LogP contribution < -0.4 is 5.32 Å². The zero-order valence-electron chi connectivity index (χ0n) is 16.1. The van der Waals surface area contributed by atoms with Crippen LogP contribution in [0.15, 0.2) is 66.9 Å². The summed E-state index contributed by atoms with van der Waals surface area (Å²) < 4.78 is 1.92. The predicted octanol–water partition coefficient (Wildman–Crippen LogP) is 4.42. The lowest BCUT2D eigenvalue weighted by molar-refractivity contribution is -0.121. The molecule has 140 valence electrons. The maximum atomic E-state index is 12.2. The number of carbonyl (C=O) groups is 1. The second-order valence-corrected chi connectivity index (χ2v) is 6.99. The molecule has 1 unspecified atom stereocenters. The zero-order valence-corrected chi connectivity index (χ0v) is 16.1. The van der Waals surface area contributed by atoms with Gasteiger partial charge in [-0.3, -0.25) is 4.79 Å². The number of hydrogen-bond acceptors (Lipinski definition) is 2. The van der Waals surface area contributed by atoms with Gasteiger partial charge < -0.3 is 5.32 Å². The van der Waals surface area contributed by atoms with E-state index in [2.05, 4.69) is 35.7 Å². The first-order chi connectivity index (χ1) is 13.1. The lowest BCUT2D eigenvalue weighted by atomic mass is 9.97. The zero-order chi connectivity index (χ0) is 19.1. The lowest BCUT2D eigenvalue weighted by Crippen LogP contribution is -2.25. The van der Waals surface area contributed by atoms with E-state index >= 15 is 0 Å². The maximum Gasteiger partial charge on any atom is 0.220 e. The molecule has 0 saturated heterocycles. The Hall–Kier alpha value is -2.88. The molecule has 0 aliphatic carbocycles. The third-order valence-electron chi connectivity index (χ3n) is 4.83. The third-order valence-corrected chi connectivity index (χ3v) is 4.83. The van der Waals surface area contributed by atoms with Crippen molar-refractivity contribution in [2.75, 3.05) is 6.54 Å². The lowest BCUT2D eigenvalue weighted by Gasteiger charge is -2.12. The molecule has 3 aromatic rings. The molecule has 0 aliphatic heterocycles. The molecule has 2 aromatic carbocycles. The van der Waals surface area contributed by atoms with Crippen LogP contribution in [0.3, 0.4) is 0 Å². The van der Waals surface area contributed by atoms with Crippen molar-refractivity contribution in [1.82, 2.24) is 15.1 Å². The van der Waals surface area contributed by atoms with Gasteiger partial charge in [-0.2, -0.15) is 5.10 Å². The quantitative estimate of drug-likeness (QED) is 0.604. The first-order valence-corrected chi connectivity index (χ1v) is 9.55. The van der Waals surface area contributed by atoms with Crippen LogP contribution in [0.5, 0.6) is 0 Å². The van der Waals surface area contributed by atoms with Crippen LogP contribution in [0.1, 0.15) is 42.5 Å². The standard InChI is InChI=1S/C23H27N3O/c1-18(20-10-5-3-6-11-20)16-23(27)24-15-9-12-21-17-26(25-19(21)2)22-13-7-4-8-14-22/h3-8,10-11,13-14,17-18H,9,12,15-16H2,1-2H3,(H,24,27). The number of nitrogens with zero attached hydrogens (tertiary/aromatic N) is 2. The highest BCUT2D eigenvalue weighted by Gasteiger charge is 2.11. The summed E-state index contributed by atoms with van der Waals surface area (Å²) >= 11 is 0. The summed E-state index contributed by atoms with van der Waals surface area (Å²) in [6.45, 7) is 4.82. The third kappa shape index (κ3) is 5.30. The average molecular weight is 361 g/mol. The molecule has 1 atom stereocenters. The van der Waals surface area contributed by atoms with Crippen LogP contribution in [-0.4, -0.2) is 22.2 Å². The minimum absolute atomic E-state index is 0.114. The molecular weight excluding hydrogens is 334 g/mol.